The number of nitrogens with two attached hydrogens (primary N) is 1. The van der Waals surface area contributed by atoms with Gasteiger partial charge >= 0.3 is 0 Å². The van der Waals surface area contributed by atoms with Gasteiger partial charge in [0.1, 0.15) is 12.0 Å². The Hall–Kier alpha value is -1.40. The lowest BCUT2D eigenvalue weighted by Gasteiger charge is -2.31. The van der Waals surface area contributed by atoms with E-state index in [1.54, 1.807) is 6.07 Å². The molecule has 0 aliphatic carbocycles. The van der Waals surface area contributed by atoms with Crippen molar-refractivity contribution in [3.8, 4) is 0 Å². The van der Waals surface area contributed by atoms with Crippen LogP contribution in [0.5, 0.6) is 0 Å². The van der Waals surface area contributed by atoms with E-state index < -0.39 is 4.92 Å². The molecule has 1 fully saturated rings. The maximum absolute atomic E-state index is 10.5. The van der Waals surface area contributed by atoms with Crippen molar-refractivity contribution in [3.63, 3.8) is 0 Å². The molecule has 2 heterocycles. The minimum Gasteiger partial charge on any atom is -0.355 e. The summed E-state index contributed by atoms with van der Waals surface area (Å²) in [4.78, 5) is 16.2. The lowest BCUT2D eigenvalue weighted by atomic mass is 10.1. The molecule has 17 heavy (non-hydrogen) atoms. The molecular weight excluding hydrogens is 244 g/mol. The highest BCUT2D eigenvalue weighted by Gasteiger charge is 2.18. The van der Waals surface area contributed by atoms with E-state index in [0.717, 1.165) is 31.7 Å². The quantitative estimate of drug-likeness (QED) is 0.639. The molecule has 0 aromatic carbocycles. The molecule has 0 saturated carbocycles. The predicted molar refractivity (Wildman–Crippen MR) is 67.6 cm³/mol. The lowest BCUT2D eigenvalue weighted by molar-refractivity contribution is -0.385. The first kappa shape index (κ1) is 13.7. The van der Waals surface area contributed by atoms with Gasteiger partial charge in [0.2, 0.25) is 0 Å². The van der Waals surface area contributed by atoms with Gasteiger partial charge in [-0.1, -0.05) is 0 Å². The number of hydrogen-bond acceptors (Lipinski definition) is 5. The molecule has 0 spiro atoms. The fraction of sp³-hybridized carbons (Fsp3) is 0.500. The van der Waals surface area contributed by atoms with Crippen molar-refractivity contribution in [2.75, 3.05) is 18.0 Å². The van der Waals surface area contributed by atoms with E-state index in [1.165, 1.54) is 12.3 Å². The summed E-state index contributed by atoms with van der Waals surface area (Å²) in [5.74, 6) is 0.765. The lowest BCUT2D eigenvalue weighted by Crippen LogP contribution is -2.43. The number of rotatable bonds is 2. The van der Waals surface area contributed by atoms with Gasteiger partial charge in [-0.05, 0) is 18.9 Å². The number of halogens is 1. The van der Waals surface area contributed by atoms with Crippen LogP contribution in [-0.4, -0.2) is 29.0 Å². The van der Waals surface area contributed by atoms with Gasteiger partial charge in [0.25, 0.3) is 5.69 Å². The van der Waals surface area contributed by atoms with Crippen molar-refractivity contribution >= 4 is 23.9 Å². The second-order valence-corrected chi connectivity index (χ2v) is 3.98. The van der Waals surface area contributed by atoms with Gasteiger partial charge in [-0.25, -0.2) is 4.98 Å². The number of piperidine rings is 1. The molecule has 94 valence electrons. The molecule has 1 atom stereocenters. The Labute approximate surface area is 105 Å². The van der Waals surface area contributed by atoms with Crippen LogP contribution in [0, 0.1) is 10.1 Å². The van der Waals surface area contributed by atoms with Crippen LogP contribution in [-0.2, 0) is 0 Å². The molecule has 6 nitrogen and oxygen atoms in total. The topological polar surface area (TPSA) is 85.3 Å². The van der Waals surface area contributed by atoms with E-state index in [-0.39, 0.29) is 24.1 Å². The predicted octanol–water partition coefficient (Wildman–Crippen LogP) is 1.34. The third kappa shape index (κ3) is 3.28. The molecule has 0 bridgehead atoms. The van der Waals surface area contributed by atoms with Crippen LogP contribution >= 0.6 is 12.4 Å². The SMILES string of the molecule is Cl.NC1CCCN(c2ccc([N+](=O)[O-])cn2)C1. The second-order valence-electron chi connectivity index (χ2n) is 3.98. The van der Waals surface area contributed by atoms with Crippen molar-refractivity contribution in [2.45, 2.75) is 18.9 Å². The van der Waals surface area contributed by atoms with E-state index in [9.17, 15) is 10.1 Å². The average Bonchev–Trinajstić information content (AvgIpc) is 2.29. The van der Waals surface area contributed by atoms with E-state index in [1.807, 2.05) is 0 Å². The highest BCUT2D eigenvalue weighted by Crippen LogP contribution is 2.19. The molecule has 1 aliphatic heterocycles. The monoisotopic (exact) mass is 258 g/mol. The van der Waals surface area contributed by atoms with Crippen molar-refractivity contribution < 1.29 is 4.92 Å². The van der Waals surface area contributed by atoms with Gasteiger partial charge < -0.3 is 10.6 Å². The first-order chi connectivity index (χ1) is 7.66. The summed E-state index contributed by atoms with van der Waals surface area (Å²) in [7, 11) is 0. The maximum Gasteiger partial charge on any atom is 0.287 e. The number of hydrogen-bond donors (Lipinski definition) is 1. The first-order valence-electron chi connectivity index (χ1n) is 5.28. The standard InChI is InChI=1S/C10H14N4O2.ClH/c11-8-2-1-5-13(7-8)10-4-3-9(6-12-10)14(15)16;/h3-4,6,8H,1-2,5,7,11H2;1H. The summed E-state index contributed by atoms with van der Waals surface area (Å²) in [5.41, 5.74) is 5.88. The van der Waals surface area contributed by atoms with Gasteiger partial charge in [0.15, 0.2) is 0 Å². The van der Waals surface area contributed by atoms with Crippen LogP contribution in [0.25, 0.3) is 0 Å². The Morgan fingerprint density at radius 3 is 2.82 bits per heavy atom. The first-order valence-corrected chi connectivity index (χ1v) is 5.28. The van der Waals surface area contributed by atoms with Gasteiger partial charge in [-0.15, -0.1) is 12.4 Å². The molecule has 0 amide bonds. The summed E-state index contributed by atoms with van der Waals surface area (Å²) in [6, 6.07) is 3.32. The number of aromatic nitrogens is 1. The minimum atomic E-state index is -0.446. The summed E-state index contributed by atoms with van der Waals surface area (Å²) in [6.45, 7) is 1.68. The Balaban J connectivity index is 0.00000144. The Kier molecular flexibility index (Phi) is 4.65. The van der Waals surface area contributed by atoms with Gasteiger partial charge in [-0.3, -0.25) is 10.1 Å². The fourth-order valence-corrected chi connectivity index (χ4v) is 1.89. The largest absolute Gasteiger partial charge is 0.355 e. The van der Waals surface area contributed by atoms with Crippen molar-refractivity contribution in [1.82, 2.24) is 4.98 Å². The molecule has 7 heteroatoms. The van der Waals surface area contributed by atoms with Crippen molar-refractivity contribution in [2.24, 2.45) is 5.73 Å². The third-order valence-electron chi connectivity index (χ3n) is 2.72. The number of nitrogens with zero attached hydrogens (tertiary/aromatic N) is 3. The minimum absolute atomic E-state index is 0. The van der Waals surface area contributed by atoms with Crippen molar-refractivity contribution in [1.29, 1.82) is 0 Å². The Morgan fingerprint density at radius 2 is 2.29 bits per heavy atom. The highest BCUT2D eigenvalue weighted by atomic mass is 35.5. The van der Waals surface area contributed by atoms with Crippen LogP contribution in [0.3, 0.4) is 0 Å². The Morgan fingerprint density at radius 1 is 1.53 bits per heavy atom. The number of anilines is 1. The molecule has 1 saturated heterocycles. The molecule has 1 aromatic heterocycles. The Bertz CT molecular complexity index is 384. The van der Waals surface area contributed by atoms with E-state index >= 15 is 0 Å². The zero-order chi connectivity index (χ0) is 11.5. The van der Waals surface area contributed by atoms with E-state index in [4.69, 9.17) is 5.73 Å². The fourth-order valence-electron chi connectivity index (χ4n) is 1.89. The average molecular weight is 259 g/mol. The zero-order valence-electron chi connectivity index (χ0n) is 9.28. The zero-order valence-corrected chi connectivity index (χ0v) is 10.1. The van der Waals surface area contributed by atoms with Crippen LogP contribution in [0.2, 0.25) is 0 Å². The summed E-state index contributed by atoms with van der Waals surface area (Å²) in [6.07, 6.45) is 3.36. The van der Waals surface area contributed by atoms with Gasteiger partial charge in [-0.2, -0.15) is 0 Å². The van der Waals surface area contributed by atoms with Crippen LogP contribution in [0.4, 0.5) is 11.5 Å². The van der Waals surface area contributed by atoms with Gasteiger partial charge in [0.05, 0.1) is 4.92 Å². The molecule has 0 radical (unpaired) electrons. The number of nitro groups is 1. The van der Waals surface area contributed by atoms with E-state index in [2.05, 4.69) is 9.88 Å². The number of pyridine rings is 1. The molecule has 1 aliphatic rings. The van der Waals surface area contributed by atoms with E-state index in [0.29, 0.717) is 0 Å². The van der Waals surface area contributed by atoms with Crippen molar-refractivity contribution in [3.05, 3.63) is 28.4 Å². The maximum atomic E-state index is 10.5. The second kappa shape index (κ2) is 5.79. The molecule has 2 rings (SSSR count). The summed E-state index contributed by atoms with van der Waals surface area (Å²) >= 11 is 0. The van der Waals surface area contributed by atoms with Crippen LogP contribution in [0.1, 0.15) is 12.8 Å². The van der Waals surface area contributed by atoms with Crippen LogP contribution < -0.4 is 10.6 Å². The highest BCUT2D eigenvalue weighted by molar-refractivity contribution is 5.85. The summed E-state index contributed by atoms with van der Waals surface area (Å²) < 4.78 is 0. The summed E-state index contributed by atoms with van der Waals surface area (Å²) in [5, 5.41) is 10.5. The third-order valence-corrected chi connectivity index (χ3v) is 2.72. The van der Waals surface area contributed by atoms with Gasteiger partial charge in [0, 0.05) is 25.2 Å². The van der Waals surface area contributed by atoms with Crippen LogP contribution in [0.15, 0.2) is 18.3 Å². The molecule has 1 aromatic rings. The smallest absolute Gasteiger partial charge is 0.287 e. The molecular formula is C10H15ClN4O2. The molecule has 1 unspecified atom stereocenters. The molecule has 2 N–H and O–H groups in total. The normalized spacial score (nSPS) is 19.6.